The summed E-state index contributed by atoms with van der Waals surface area (Å²) in [6, 6.07) is 0. The van der Waals surface area contributed by atoms with Crippen molar-refractivity contribution in [1.82, 2.24) is 5.32 Å². The molecule has 0 aromatic heterocycles. The van der Waals surface area contributed by atoms with E-state index >= 15 is 0 Å². The van der Waals surface area contributed by atoms with Crippen LogP contribution in [-0.4, -0.2) is 30.8 Å². The summed E-state index contributed by atoms with van der Waals surface area (Å²) in [5, 5.41) is 4.00. The van der Waals surface area contributed by atoms with Crippen molar-refractivity contribution in [1.29, 1.82) is 0 Å². The second-order valence-electron chi connectivity index (χ2n) is 3.50. The van der Waals surface area contributed by atoms with E-state index in [1.54, 1.807) is 0 Å². The van der Waals surface area contributed by atoms with Gasteiger partial charge in [0.1, 0.15) is 6.29 Å². The first-order valence-corrected chi connectivity index (χ1v) is 5.63. The van der Waals surface area contributed by atoms with Crippen LogP contribution in [0.1, 0.15) is 12.8 Å². The fourth-order valence-electron chi connectivity index (χ4n) is 1.50. The van der Waals surface area contributed by atoms with Gasteiger partial charge in [0.15, 0.2) is 0 Å². The van der Waals surface area contributed by atoms with E-state index < -0.39 is 0 Å². The third-order valence-corrected chi connectivity index (χ3v) is 3.55. The van der Waals surface area contributed by atoms with Gasteiger partial charge in [0.05, 0.1) is 16.4 Å². The van der Waals surface area contributed by atoms with Crippen molar-refractivity contribution in [3.63, 3.8) is 0 Å². The van der Waals surface area contributed by atoms with Crippen molar-refractivity contribution >= 4 is 18.0 Å². The van der Waals surface area contributed by atoms with Crippen molar-refractivity contribution < 1.29 is 9.53 Å². The fraction of sp³-hybridized carbons (Fsp3) is 0.667. The van der Waals surface area contributed by atoms with Crippen LogP contribution in [0.3, 0.4) is 0 Å². The number of nitrogens with two attached hydrogens (primary N) is 1. The molecule has 1 saturated heterocycles. The van der Waals surface area contributed by atoms with Crippen LogP contribution < -0.4 is 11.1 Å². The molecule has 0 aromatic rings. The molecule has 2 rings (SSSR count). The molecule has 1 unspecified atom stereocenters. The summed E-state index contributed by atoms with van der Waals surface area (Å²) < 4.78 is 5.28. The SMILES string of the molecule is NC1=C(NC[C@@H]2CCO2)CC(C=O)S1. The van der Waals surface area contributed by atoms with E-state index in [-0.39, 0.29) is 5.25 Å². The quantitative estimate of drug-likeness (QED) is 0.654. The molecule has 2 aliphatic rings. The molecule has 0 spiro atoms. The zero-order valence-corrected chi connectivity index (χ0v) is 8.68. The van der Waals surface area contributed by atoms with Gasteiger partial charge in [0.2, 0.25) is 0 Å². The molecule has 0 saturated carbocycles. The number of allylic oxidation sites excluding steroid dienone is 1. The lowest BCUT2D eigenvalue weighted by Gasteiger charge is -2.27. The molecule has 0 bridgehead atoms. The maximum Gasteiger partial charge on any atom is 0.133 e. The first-order valence-electron chi connectivity index (χ1n) is 4.75. The molecule has 4 nitrogen and oxygen atoms in total. The lowest BCUT2D eigenvalue weighted by atomic mass is 10.2. The summed E-state index contributed by atoms with van der Waals surface area (Å²) in [6.45, 7) is 1.68. The predicted octanol–water partition coefficient (Wildman–Crippen LogP) is 0.197. The van der Waals surface area contributed by atoms with Crippen LogP contribution in [0.4, 0.5) is 0 Å². The largest absolute Gasteiger partial charge is 0.392 e. The summed E-state index contributed by atoms with van der Waals surface area (Å²) in [6.07, 6.45) is 3.12. The summed E-state index contributed by atoms with van der Waals surface area (Å²) in [5.41, 5.74) is 6.77. The molecule has 2 atom stereocenters. The van der Waals surface area contributed by atoms with E-state index in [0.717, 1.165) is 43.0 Å². The molecule has 2 heterocycles. The van der Waals surface area contributed by atoms with Crippen LogP contribution in [0.2, 0.25) is 0 Å². The van der Waals surface area contributed by atoms with Crippen LogP contribution in [0.5, 0.6) is 0 Å². The number of hydrogen-bond acceptors (Lipinski definition) is 5. The average molecular weight is 214 g/mol. The maximum atomic E-state index is 10.5. The summed E-state index contributed by atoms with van der Waals surface area (Å²) in [7, 11) is 0. The smallest absolute Gasteiger partial charge is 0.133 e. The first kappa shape index (κ1) is 9.86. The summed E-state index contributed by atoms with van der Waals surface area (Å²) >= 11 is 1.44. The second kappa shape index (κ2) is 4.23. The van der Waals surface area contributed by atoms with Gasteiger partial charge in [-0.2, -0.15) is 0 Å². The summed E-state index contributed by atoms with van der Waals surface area (Å²) in [5.74, 6) is 0. The molecular weight excluding hydrogens is 200 g/mol. The maximum absolute atomic E-state index is 10.5. The third kappa shape index (κ3) is 2.04. The highest BCUT2D eigenvalue weighted by atomic mass is 32.2. The molecule has 1 fully saturated rings. The number of thioether (sulfide) groups is 1. The highest BCUT2D eigenvalue weighted by Gasteiger charge is 2.24. The Morgan fingerprint density at radius 2 is 2.50 bits per heavy atom. The zero-order chi connectivity index (χ0) is 9.97. The molecule has 3 N–H and O–H groups in total. The lowest BCUT2D eigenvalue weighted by molar-refractivity contribution is -0.107. The molecule has 14 heavy (non-hydrogen) atoms. The molecule has 0 aliphatic carbocycles. The standard InChI is InChI=1S/C9H14N2O2S/c10-9-8(3-7(5-12)14-9)11-4-6-1-2-13-6/h5-7,11H,1-4,10H2/t6-,7?/m0/s1. The van der Waals surface area contributed by atoms with Crippen LogP contribution in [0.25, 0.3) is 0 Å². The second-order valence-corrected chi connectivity index (χ2v) is 4.78. The molecular formula is C9H14N2O2S. The molecule has 78 valence electrons. The predicted molar refractivity (Wildman–Crippen MR) is 55.6 cm³/mol. The Kier molecular flexibility index (Phi) is 2.98. The number of rotatable bonds is 4. The number of nitrogens with one attached hydrogen (secondary N) is 1. The van der Waals surface area contributed by atoms with Crippen molar-refractivity contribution in [2.45, 2.75) is 24.2 Å². The first-order chi connectivity index (χ1) is 6.79. The van der Waals surface area contributed by atoms with Gasteiger partial charge in [-0.05, 0) is 6.42 Å². The van der Waals surface area contributed by atoms with Crippen molar-refractivity contribution in [3.8, 4) is 0 Å². The minimum Gasteiger partial charge on any atom is -0.392 e. The van der Waals surface area contributed by atoms with Crippen molar-refractivity contribution in [2.75, 3.05) is 13.2 Å². The number of carbonyl (C=O) groups is 1. The Balaban J connectivity index is 1.79. The summed E-state index contributed by atoms with van der Waals surface area (Å²) in [4.78, 5) is 10.5. The minimum atomic E-state index is -0.000177. The Morgan fingerprint density at radius 1 is 1.71 bits per heavy atom. The van der Waals surface area contributed by atoms with E-state index in [4.69, 9.17) is 10.5 Å². The van der Waals surface area contributed by atoms with Gasteiger partial charge in [-0.25, -0.2) is 0 Å². The molecule has 5 heteroatoms. The average Bonchev–Trinajstić information content (AvgIpc) is 2.45. The van der Waals surface area contributed by atoms with Crippen LogP contribution in [0.15, 0.2) is 10.7 Å². The number of aldehydes is 1. The normalized spacial score (nSPS) is 31.4. The Labute approximate surface area is 87.2 Å². The molecule has 0 amide bonds. The van der Waals surface area contributed by atoms with E-state index in [2.05, 4.69) is 5.32 Å². The van der Waals surface area contributed by atoms with Crippen molar-refractivity contribution in [2.24, 2.45) is 5.73 Å². The molecule has 0 radical (unpaired) electrons. The monoisotopic (exact) mass is 214 g/mol. The topological polar surface area (TPSA) is 64.3 Å². The number of ether oxygens (including phenoxy) is 1. The van der Waals surface area contributed by atoms with Gasteiger partial charge in [-0.1, -0.05) is 11.8 Å². The van der Waals surface area contributed by atoms with E-state index in [1.165, 1.54) is 11.8 Å². The molecule has 0 aromatic carbocycles. The van der Waals surface area contributed by atoms with Gasteiger partial charge in [-0.3, -0.25) is 0 Å². The number of hydrogen-bond donors (Lipinski definition) is 2. The van der Waals surface area contributed by atoms with E-state index in [1.807, 2.05) is 0 Å². The van der Waals surface area contributed by atoms with Gasteiger partial charge >= 0.3 is 0 Å². The van der Waals surface area contributed by atoms with Crippen LogP contribution >= 0.6 is 11.8 Å². The Bertz CT molecular complexity index is 264. The van der Waals surface area contributed by atoms with Gasteiger partial charge in [0.25, 0.3) is 0 Å². The van der Waals surface area contributed by atoms with Crippen molar-refractivity contribution in [3.05, 3.63) is 10.7 Å². The number of carbonyl (C=O) groups excluding carboxylic acids is 1. The van der Waals surface area contributed by atoms with Gasteiger partial charge in [0, 0.05) is 25.3 Å². The molecule has 2 aliphatic heterocycles. The zero-order valence-electron chi connectivity index (χ0n) is 7.86. The minimum absolute atomic E-state index is 0.000177. The van der Waals surface area contributed by atoms with Gasteiger partial charge in [-0.15, -0.1) is 0 Å². The highest BCUT2D eigenvalue weighted by Crippen LogP contribution is 2.31. The Morgan fingerprint density at radius 3 is 3.00 bits per heavy atom. The lowest BCUT2D eigenvalue weighted by Crippen LogP contribution is -2.37. The van der Waals surface area contributed by atoms with Crippen LogP contribution in [-0.2, 0) is 9.53 Å². The highest BCUT2D eigenvalue weighted by molar-refractivity contribution is 8.04. The fourth-order valence-corrected chi connectivity index (χ4v) is 2.42. The van der Waals surface area contributed by atoms with Gasteiger partial charge < -0.3 is 20.6 Å². The Hall–Kier alpha value is -0.680. The van der Waals surface area contributed by atoms with Crippen LogP contribution in [0, 0.1) is 0 Å². The third-order valence-electron chi connectivity index (χ3n) is 2.47. The van der Waals surface area contributed by atoms with E-state index in [9.17, 15) is 4.79 Å². The van der Waals surface area contributed by atoms with E-state index in [0.29, 0.717) is 6.10 Å².